The zero-order valence-electron chi connectivity index (χ0n) is 22.8. The van der Waals surface area contributed by atoms with Crippen LogP contribution in [0, 0.1) is 29.4 Å². The summed E-state index contributed by atoms with van der Waals surface area (Å²) in [5.41, 5.74) is 12.5. The van der Waals surface area contributed by atoms with Crippen LogP contribution >= 0.6 is 0 Å². The minimum Gasteiger partial charge on any atom is -0.493 e. The summed E-state index contributed by atoms with van der Waals surface area (Å²) < 4.78 is 47.4. The van der Waals surface area contributed by atoms with Gasteiger partial charge in [-0.1, -0.05) is 11.8 Å². The Balaban J connectivity index is 1.52. The van der Waals surface area contributed by atoms with E-state index in [1.807, 2.05) is 0 Å². The number of halogens is 2. The number of methoxy groups -OCH3 is 2. The molecule has 2 unspecified atom stereocenters. The standard InChI is InChI=1S/C30H27F2N5O5/c1-40-24-11-15(10-17-13-36-30(34)37-28(17)33)9-16(27(24)41-2)3-6-20-23(31)12-21-19(7-8-38)22(14-35-26(21)25(20)32)29(39)42-18-4-5-18/h8-9,11-14,18-19,22H,4-5,7,10H2,1-2H3,(H4,33,34,36,37). The fraction of sp³-hybridized carbons (Fsp3) is 0.300. The van der Waals surface area contributed by atoms with Crippen molar-refractivity contribution in [3.05, 3.63) is 63.8 Å². The van der Waals surface area contributed by atoms with Gasteiger partial charge in [0.25, 0.3) is 0 Å². The maximum absolute atomic E-state index is 15.7. The SMILES string of the molecule is COc1cc(Cc2cnc(N)nc2N)cc(C#Cc2c(F)cc3c(c2F)N=CC(C(=O)OC2CC2)C3CC=O)c1OC. The Bertz CT molecular complexity index is 1660. The molecule has 2 heterocycles. The molecule has 10 nitrogen and oxygen atoms in total. The summed E-state index contributed by atoms with van der Waals surface area (Å²) in [5.74, 6) is 1.90. The molecule has 0 saturated heterocycles. The van der Waals surface area contributed by atoms with Crippen LogP contribution in [-0.4, -0.2) is 48.8 Å². The van der Waals surface area contributed by atoms with Crippen molar-refractivity contribution in [1.29, 1.82) is 0 Å². The van der Waals surface area contributed by atoms with Crippen molar-refractivity contribution in [3.63, 3.8) is 0 Å². The predicted octanol–water partition coefficient (Wildman–Crippen LogP) is 3.64. The lowest BCUT2D eigenvalue weighted by Gasteiger charge is -2.27. The van der Waals surface area contributed by atoms with Gasteiger partial charge in [0.05, 0.1) is 31.3 Å². The third kappa shape index (κ3) is 5.72. The number of fused-ring (bicyclic) bond motifs is 1. The summed E-state index contributed by atoms with van der Waals surface area (Å²) in [6, 6.07) is 4.46. The maximum Gasteiger partial charge on any atom is 0.315 e. The third-order valence-electron chi connectivity index (χ3n) is 7.02. The highest BCUT2D eigenvalue weighted by Gasteiger charge is 2.38. The Labute approximate surface area is 240 Å². The molecule has 216 valence electrons. The van der Waals surface area contributed by atoms with Crippen LogP contribution in [0.15, 0.2) is 29.4 Å². The summed E-state index contributed by atoms with van der Waals surface area (Å²) in [4.78, 5) is 36.1. The van der Waals surface area contributed by atoms with Crippen molar-refractivity contribution in [1.82, 2.24) is 9.97 Å². The average Bonchev–Trinajstić information content (AvgIpc) is 3.78. The smallest absolute Gasteiger partial charge is 0.315 e. The number of rotatable bonds is 8. The second kappa shape index (κ2) is 11.8. The molecule has 3 aromatic rings. The Hall–Kier alpha value is -5.05. The van der Waals surface area contributed by atoms with Crippen LogP contribution in [-0.2, 0) is 20.7 Å². The molecular weight excluding hydrogens is 548 g/mol. The number of aldehydes is 1. The number of nitrogens with zero attached hydrogens (tertiary/aromatic N) is 3. The number of benzene rings is 2. The molecule has 12 heteroatoms. The number of nitrogens with two attached hydrogens (primary N) is 2. The maximum atomic E-state index is 15.7. The lowest BCUT2D eigenvalue weighted by molar-refractivity contribution is -0.148. The summed E-state index contributed by atoms with van der Waals surface area (Å²) >= 11 is 0. The molecule has 0 bridgehead atoms. The summed E-state index contributed by atoms with van der Waals surface area (Å²) in [6.45, 7) is 0. The molecule has 1 aliphatic heterocycles. The van der Waals surface area contributed by atoms with Crippen LogP contribution in [0.4, 0.5) is 26.2 Å². The fourth-order valence-electron chi connectivity index (χ4n) is 4.78. The molecule has 2 aliphatic rings. The van der Waals surface area contributed by atoms with Crippen molar-refractivity contribution >= 4 is 35.9 Å². The predicted molar refractivity (Wildman–Crippen MR) is 150 cm³/mol. The van der Waals surface area contributed by atoms with E-state index in [2.05, 4.69) is 26.8 Å². The fourth-order valence-corrected chi connectivity index (χ4v) is 4.78. The van der Waals surface area contributed by atoms with Crippen LogP contribution < -0.4 is 20.9 Å². The van der Waals surface area contributed by atoms with E-state index in [0.717, 1.165) is 18.9 Å². The molecule has 0 radical (unpaired) electrons. The number of esters is 1. The topological polar surface area (TPSA) is 152 Å². The number of hydrogen-bond donors (Lipinski definition) is 2. The van der Waals surface area contributed by atoms with E-state index < -0.39 is 35.0 Å². The molecule has 42 heavy (non-hydrogen) atoms. The first-order chi connectivity index (χ1) is 20.2. The van der Waals surface area contributed by atoms with Crippen molar-refractivity contribution in [2.45, 2.75) is 37.7 Å². The van der Waals surface area contributed by atoms with Gasteiger partial charge in [-0.15, -0.1) is 0 Å². The molecule has 0 amide bonds. The number of nitrogen functional groups attached to an aromatic ring is 2. The third-order valence-corrected chi connectivity index (χ3v) is 7.02. The van der Waals surface area contributed by atoms with Gasteiger partial charge in [-0.2, -0.15) is 4.98 Å². The molecule has 5 rings (SSSR count). The number of aliphatic imine (C=N–C) groups is 1. The summed E-state index contributed by atoms with van der Waals surface area (Å²) in [6.07, 6.45) is 4.88. The second-order valence-electron chi connectivity index (χ2n) is 9.88. The van der Waals surface area contributed by atoms with E-state index in [1.54, 1.807) is 12.1 Å². The number of carbonyl (C=O) groups is 2. The van der Waals surface area contributed by atoms with Gasteiger partial charge in [0.15, 0.2) is 17.3 Å². The first-order valence-corrected chi connectivity index (χ1v) is 13.1. The van der Waals surface area contributed by atoms with E-state index in [-0.39, 0.29) is 41.3 Å². The van der Waals surface area contributed by atoms with Gasteiger partial charge < -0.3 is 30.5 Å². The highest BCUT2D eigenvalue weighted by atomic mass is 19.1. The zero-order chi connectivity index (χ0) is 30.0. The lowest BCUT2D eigenvalue weighted by atomic mass is 9.81. The Morgan fingerprint density at radius 3 is 2.60 bits per heavy atom. The number of anilines is 2. The first-order valence-electron chi connectivity index (χ1n) is 13.1. The van der Waals surface area contributed by atoms with Crippen LogP contribution in [0.5, 0.6) is 11.5 Å². The van der Waals surface area contributed by atoms with Crippen molar-refractivity contribution in [3.8, 4) is 23.3 Å². The molecule has 1 aromatic heterocycles. The van der Waals surface area contributed by atoms with Gasteiger partial charge in [-0.05, 0) is 42.2 Å². The number of hydrogen-bond acceptors (Lipinski definition) is 10. The highest BCUT2D eigenvalue weighted by Crippen LogP contribution is 2.42. The number of ether oxygens (including phenoxy) is 3. The van der Waals surface area contributed by atoms with Gasteiger partial charge in [0.2, 0.25) is 5.95 Å². The van der Waals surface area contributed by atoms with Gasteiger partial charge >= 0.3 is 5.97 Å². The van der Waals surface area contributed by atoms with Crippen LogP contribution in [0.1, 0.15) is 53.0 Å². The lowest BCUT2D eigenvalue weighted by Crippen LogP contribution is -2.29. The normalized spacial score (nSPS) is 17.0. The van der Waals surface area contributed by atoms with Gasteiger partial charge in [0, 0.05) is 36.7 Å². The second-order valence-corrected chi connectivity index (χ2v) is 9.88. The quantitative estimate of drug-likeness (QED) is 0.233. The molecule has 4 N–H and O–H groups in total. The van der Waals surface area contributed by atoms with Gasteiger partial charge in [0.1, 0.15) is 29.7 Å². The van der Waals surface area contributed by atoms with Crippen molar-refractivity contribution in [2.75, 3.05) is 25.7 Å². The Morgan fingerprint density at radius 2 is 1.93 bits per heavy atom. The van der Waals surface area contributed by atoms with Crippen molar-refractivity contribution in [2.24, 2.45) is 10.9 Å². The molecule has 1 saturated carbocycles. The van der Waals surface area contributed by atoms with Crippen LogP contribution in [0.25, 0.3) is 0 Å². The summed E-state index contributed by atoms with van der Waals surface area (Å²) in [5, 5.41) is 0. The summed E-state index contributed by atoms with van der Waals surface area (Å²) in [7, 11) is 2.87. The molecule has 2 atom stereocenters. The van der Waals surface area contributed by atoms with E-state index >= 15 is 8.78 Å². The Kier molecular flexibility index (Phi) is 8.01. The molecule has 2 aromatic carbocycles. The van der Waals surface area contributed by atoms with E-state index in [4.69, 9.17) is 25.7 Å². The van der Waals surface area contributed by atoms with E-state index in [0.29, 0.717) is 35.1 Å². The minimum atomic E-state index is -1.01. The highest BCUT2D eigenvalue weighted by molar-refractivity contribution is 5.94. The van der Waals surface area contributed by atoms with E-state index in [9.17, 15) is 9.59 Å². The van der Waals surface area contributed by atoms with Gasteiger partial charge in [-0.3, -0.25) is 9.79 Å². The molecule has 1 fully saturated rings. The average molecular weight is 576 g/mol. The van der Waals surface area contributed by atoms with E-state index in [1.165, 1.54) is 26.6 Å². The first kappa shape index (κ1) is 28.5. The Morgan fingerprint density at radius 1 is 1.14 bits per heavy atom. The van der Waals surface area contributed by atoms with Crippen LogP contribution in [0.3, 0.4) is 0 Å². The minimum absolute atomic E-state index is 0.0414. The largest absolute Gasteiger partial charge is 0.493 e. The number of carbonyl (C=O) groups excluding carboxylic acids is 2. The molecule has 1 aliphatic carbocycles. The van der Waals surface area contributed by atoms with Crippen LogP contribution in [0.2, 0.25) is 0 Å². The van der Waals surface area contributed by atoms with Gasteiger partial charge in [-0.25, -0.2) is 13.8 Å². The molecule has 0 spiro atoms. The van der Waals surface area contributed by atoms with Crippen molar-refractivity contribution < 1.29 is 32.6 Å². The number of aromatic nitrogens is 2. The molecular formula is C30H27F2N5O5. The zero-order valence-corrected chi connectivity index (χ0v) is 22.8. The monoisotopic (exact) mass is 575 g/mol.